The quantitative estimate of drug-likeness (QED) is 0.781. The van der Waals surface area contributed by atoms with Crippen molar-refractivity contribution in [2.24, 2.45) is 17.8 Å². The Morgan fingerprint density at radius 3 is 2.29 bits per heavy atom. The molecule has 1 atom stereocenters. The summed E-state index contributed by atoms with van der Waals surface area (Å²) in [6.45, 7) is 9.66. The number of aryl methyl sites for hydroxylation is 1. The van der Waals surface area contributed by atoms with Crippen molar-refractivity contribution in [1.29, 1.82) is 0 Å². The summed E-state index contributed by atoms with van der Waals surface area (Å²) >= 11 is 0. The highest BCUT2D eigenvalue weighted by Crippen LogP contribution is 2.39. The third kappa shape index (κ3) is 4.06. The van der Waals surface area contributed by atoms with Crippen LogP contribution in [0.2, 0.25) is 0 Å². The molecule has 0 aromatic heterocycles. The minimum absolute atomic E-state index is 0.0995. The lowest BCUT2D eigenvalue weighted by molar-refractivity contribution is 0.190. The second-order valence-electron chi connectivity index (χ2n) is 6.96. The lowest BCUT2D eigenvalue weighted by Gasteiger charge is -2.36. The highest BCUT2D eigenvalue weighted by Gasteiger charge is 2.29. The molecule has 1 aliphatic carbocycles. The van der Waals surface area contributed by atoms with Gasteiger partial charge >= 0.3 is 0 Å². The first-order valence-electron chi connectivity index (χ1n) is 8.52. The molecule has 21 heavy (non-hydrogen) atoms. The van der Waals surface area contributed by atoms with Crippen molar-refractivity contribution in [3.05, 3.63) is 35.1 Å². The molecule has 1 unspecified atom stereocenters. The van der Waals surface area contributed by atoms with Crippen LogP contribution in [0.5, 0.6) is 0 Å². The number of rotatable bonds is 5. The van der Waals surface area contributed by atoms with Gasteiger partial charge in [-0.25, -0.2) is 4.39 Å². The second-order valence-corrected chi connectivity index (χ2v) is 6.96. The molecule has 0 aliphatic heterocycles. The van der Waals surface area contributed by atoms with Gasteiger partial charge in [0.05, 0.1) is 0 Å². The molecule has 1 aromatic rings. The summed E-state index contributed by atoms with van der Waals surface area (Å²) in [6.07, 6.45) is 5.25. The van der Waals surface area contributed by atoms with E-state index < -0.39 is 0 Å². The summed E-state index contributed by atoms with van der Waals surface area (Å²) in [5.74, 6) is 2.28. The maximum absolute atomic E-state index is 13.5. The number of nitrogens with one attached hydrogen (secondary N) is 1. The summed E-state index contributed by atoms with van der Waals surface area (Å²) in [4.78, 5) is 0. The zero-order chi connectivity index (χ0) is 15.4. The zero-order valence-electron chi connectivity index (χ0n) is 14.0. The molecule has 1 N–H and O–H groups in total. The van der Waals surface area contributed by atoms with E-state index >= 15 is 0 Å². The van der Waals surface area contributed by atoms with Crippen molar-refractivity contribution in [2.75, 3.05) is 6.54 Å². The lowest BCUT2D eigenvalue weighted by Crippen LogP contribution is -2.31. The van der Waals surface area contributed by atoms with E-state index in [0.29, 0.717) is 12.0 Å². The van der Waals surface area contributed by atoms with E-state index in [0.717, 1.165) is 23.9 Å². The third-order valence-electron chi connectivity index (χ3n) is 5.20. The minimum Gasteiger partial charge on any atom is -0.310 e. The van der Waals surface area contributed by atoms with Gasteiger partial charge in [-0.3, -0.25) is 0 Å². The van der Waals surface area contributed by atoms with Gasteiger partial charge in [0.1, 0.15) is 5.82 Å². The number of hydrogen-bond acceptors (Lipinski definition) is 1. The smallest absolute Gasteiger partial charge is 0.126 e. The fraction of sp³-hybridized carbons (Fsp3) is 0.684. The van der Waals surface area contributed by atoms with Crippen LogP contribution in [0.15, 0.2) is 18.2 Å². The van der Waals surface area contributed by atoms with Crippen LogP contribution in [0.1, 0.15) is 63.6 Å². The maximum Gasteiger partial charge on any atom is 0.126 e. The highest BCUT2D eigenvalue weighted by atomic mass is 19.1. The van der Waals surface area contributed by atoms with E-state index in [-0.39, 0.29) is 5.82 Å². The van der Waals surface area contributed by atoms with E-state index in [1.165, 1.54) is 31.2 Å². The lowest BCUT2D eigenvalue weighted by atomic mass is 9.73. The molecule has 0 amide bonds. The molecule has 0 saturated heterocycles. The van der Waals surface area contributed by atoms with Crippen LogP contribution in [-0.2, 0) is 0 Å². The molecule has 1 aliphatic rings. The molecule has 0 radical (unpaired) electrons. The normalized spacial score (nSPS) is 24.3. The van der Waals surface area contributed by atoms with Gasteiger partial charge < -0.3 is 5.32 Å². The third-order valence-corrected chi connectivity index (χ3v) is 5.20. The summed E-state index contributed by atoms with van der Waals surface area (Å²) in [7, 11) is 0. The Labute approximate surface area is 129 Å². The van der Waals surface area contributed by atoms with Crippen LogP contribution in [0, 0.1) is 30.5 Å². The number of hydrogen-bond donors (Lipinski definition) is 1. The highest BCUT2D eigenvalue weighted by molar-refractivity contribution is 5.27. The van der Waals surface area contributed by atoms with E-state index in [1.54, 1.807) is 6.07 Å². The van der Waals surface area contributed by atoms with Gasteiger partial charge in [-0.05, 0) is 74.1 Å². The predicted octanol–water partition coefficient (Wildman–Crippen LogP) is 5.25. The van der Waals surface area contributed by atoms with Gasteiger partial charge in [0.15, 0.2) is 0 Å². The molecule has 0 spiro atoms. The first-order valence-corrected chi connectivity index (χ1v) is 8.52. The molecule has 118 valence electrons. The first-order chi connectivity index (χ1) is 10.0. The second kappa shape index (κ2) is 7.40. The molecule has 1 aromatic carbocycles. The Morgan fingerprint density at radius 1 is 1.14 bits per heavy atom. The van der Waals surface area contributed by atoms with Crippen LogP contribution >= 0.6 is 0 Å². The van der Waals surface area contributed by atoms with Crippen LogP contribution in [0.4, 0.5) is 4.39 Å². The van der Waals surface area contributed by atoms with Crippen LogP contribution < -0.4 is 5.32 Å². The number of benzene rings is 1. The van der Waals surface area contributed by atoms with Crippen molar-refractivity contribution in [1.82, 2.24) is 5.32 Å². The van der Waals surface area contributed by atoms with Crippen molar-refractivity contribution >= 4 is 0 Å². The molecule has 2 heteroatoms. The molecule has 0 heterocycles. The molecule has 2 rings (SSSR count). The standard InChI is InChI=1S/C19H30FN/c1-5-21-19(17-10-11-18(20)14(4)12-17)16-8-6-15(7-9-16)13(2)3/h10-13,15-16,19,21H,5-9H2,1-4H3. The van der Waals surface area contributed by atoms with Gasteiger partial charge in [-0.15, -0.1) is 0 Å². The average molecular weight is 291 g/mol. The monoisotopic (exact) mass is 291 g/mol. The van der Waals surface area contributed by atoms with Gasteiger partial charge in [-0.2, -0.15) is 0 Å². The Bertz CT molecular complexity index is 447. The van der Waals surface area contributed by atoms with Crippen molar-refractivity contribution in [2.45, 2.75) is 59.4 Å². The average Bonchev–Trinajstić information content (AvgIpc) is 2.48. The summed E-state index contributed by atoms with van der Waals surface area (Å²) in [6, 6.07) is 5.98. The van der Waals surface area contributed by atoms with Crippen LogP contribution in [0.25, 0.3) is 0 Å². The molecule has 0 bridgehead atoms. The maximum atomic E-state index is 13.5. The summed E-state index contributed by atoms with van der Waals surface area (Å²) < 4.78 is 13.5. The fourth-order valence-corrected chi connectivity index (χ4v) is 3.78. The number of halogens is 1. The molecule has 1 nitrogen and oxygen atoms in total. The SMILES string of the molecule is CCNC(c1ccc(F)c(C)c1)C1CCC(C(C)C)CC1. The van der Waals surface area contributed by atoms with Crippen molar-refractivity contribution in [3.8, 4) is 0 Å². The van der Waals surface area contributed by atoms with Crippen molar-refractivity contribution < 1.29 is 4.39 Å². The Kier molecular flexibility index (Phi) is 5.80. The molecule has 1 fully saturated rings. The fourth-order valence-electron chi connectivity index (χ4n) is 3.78. The van der Waals surface area contributed by atoms with Gasteiger partial charge in [-0.1, -0.05) is 32.9 Å². The minimum atomic E-state index is -0.0995. The molecular weight excluding hydrogens is 261 g/mol. The zero-order valence-corrected chi connectivity index (χ0v) is 14.0. The predicted molar refractivity (Wildman–Crippen MR) is 87.8 cm³/mol. The van der Waals surface area contributed by atoms with E-state index in [9.17, 15) is 4.39 Å². The first kappa shape index (κ1) is 16.5. The van der Waals surface area contributed by atoms with Gasteiger partial charge in [0.2, 0.25) is 0 Å². The Balaban J connectivity index is 2.10. The molecular formula is C19H30FN. The Hall–Kier alpha value is -0.890. The topological polar surface area (TPSA) is 12.0 Å². The van der Waals surface area contributed by atoms with Gasteiger partial charge in [0, 0.05) is 6.04 Å². The van der Waals surface area contributed by atoms with E-state index in [1.807, 2.05) is 19.1 Å². The van der Waals surface area contributed by atoms with Crippen LogP contribution in [-0.4, -0.2) is 6.54 Å². The largest absolute Gasteiger partial charge is 0.310 e. The summed E-state index contributed by atoms with van der Waals surface area (Å²) in [5.41, 5.74) is 2.01. The van der Waals surface area contributed by atoms with Crippen LogP contribution in [0.3, 0.4) is 0 Å². The van der Waals surface area contributed by atoms with E-state index in [4.69, 9.17) is 0 Å². The van der Waals surface area contributed by atoms with E-state index in [2.05, 4.69) is 26.1 Å². The molecule has 1 saturated carbocycles. The Morgan fingerprint density at radius 2 is 1.76 bits per heavy atom. The summed E-state index contributed by atoms with van der Waals surface area (Å²) in [5, 5.41) is 3.64. The van der Waals surface area contributed by atoms with Crippen molar-refractivity contribution in [3.63, 3.8) is 0 Å². The van der Waals surface area contributed by atoms with Gasteiger partial charge in [0.25, 0.3) is 0 Å².